The van der Waals surface area contributed by atoms with Crippen LogP contribution in [0.3, 0.4) is 0 Å². The third-order valence-corrected chi connectivity index (χ3v) is 4.56. The van der Waals surface area contributed by atoms with Gasteiger partial charge in [0.15, 0.2) is 5.03 Å². The normalized spacial score (nSPS) is 14.3. The Balaban J connectivity index is 0.000000238. The average molecular weight is 353 g/mol. The van der Waals surface area contributed by atoms with E-state index in [1.807, 2.05) is 0 Å². The molecule has 0 bridgehead atoms. The molecule has 0 aliphatic carbocycles. The minimum Gasteiger partial charge on any atom is -0.241 e. The van der Waals surface area contributed by atoms with Crippen molar-refractivity contribution in [3.63, 3.8) is 0 Å². The van der Waals surface area contributed by atoms with E-state index < -0.39 is 20.8 Å². The number of halogens is 5. The first-order valence-electron chi connectivity index (χ1n) is 6.82. The topological polar surface area (TPSA) is 12.9 Å². The Morgan fingerprint density at radius 2 is 1.26 bits per heavy atom. The van der Waals surface area contributed by atoms with Gasteiger partial charge in [-0.15, -0.1) is 0 Å². The van der Waals surface area contributed by atoms with Crippen molar-refractivity contribution >= 4 is 10.2 Å². The number of hydrogen-bond donors (Lipinski definition) is 0. The lowest BCUT2D eigenvalue weighted by Crippen LogP contribution is -2.10. The third kappa shape index (κ3) is 5.49. The predicted octanol–water partition coefficient (Wildman–Crippen LogP) is 6.97. The molecule has 0 spiro atoms. The van der Waals surface area contributed by atoms with E-state index in [9.17, 15) is 19.4 Å². The maximum atomic E-state index is 12.1. The lowest BCUT2D eigenvalue weighted by Gasteiger charge is -2.39. The highest BCUT2D eigenvalue weighted by Gasteiger charge is 2.67. The molecule has 23 heavy (non-hydrogen) atoms. The zero-order valence-corrected chi connectivity index (χ0v) is 14.4. The van der Waals surface area contributed by atoms with Gasteiger partial charge in [0, 0.05) is 6.20 Å². The molecule has 0 atom stereocenters. The number of hydrogen-bond acceptors (Lipinski definition) is 1. The van der Waals surface area contributed by atoms with Crippen LogP contribution in [0.1, 0.15) is 27.8 Å². The SMILES string of the molecule is Cc1cc(C)c(C)c(C)c1.Cc1cccnc1S(F)(F)(F)(F)F. The van der Waals surface area contributed by atoms with Crippen LogP contribution in [0, 0.1) is 34.6 Å². The Labute approximate surface area is 133 Å². The Bertz CT molecular complexity index is 700. The summed E-state index contributed by atoms with van der Waals surface area (Å²) in [5.41, 5.74) is 5.02. The first-order valence-corrected chi connectivity index (χ1v) is 8.77. The van der Waals surface area contributed by atoms with E-state index in [2.05, 4.69) is 44.8 Å². The van der Waals surface area contributed by atoms with Crippen LogP contribution in [-0.2, 0) is 0 Å². The molecule has 0 saturated carbocycles. The van der Waals surface area contributed by atoms with Crippen molar-refractivity contribution in [3.8, 4) is 0 Å². The smallest absolute Gasteiger partial charge is 0.241 e. The van der Waals surface area contributed by atoms with Crippen molar-refractivity contribution < 1.29 is 19.4 Å². The summed E-state index contributed by atoms with van der Waals surface area (Å²) in [6.07, 6.45) is 0.695. The molecule has 7 heteroatoms. The number of aromatic nitrogens is 1. The number of aryl methyl sites for hydroxylation is 4. The van der Waals surface area contributed by atoms with Gasteiger partial charge in [-0.2, -0.15) is 0 Å². The number of benzene rings is 1. The summed E-state index contributed by atoms with van der Waals surface area (Å²) in [5, 5.41) is -2.05. The average Bonchev–Trinajstić information content (AvgIpc) is 2.34. The molecule has 1 aromatic carbocycles. The maximum absolute atomic E-state index is 12.1. The zero-order chi connectivity index (χ0) is 18.1. The number of pyridine rings is 1. The van der Waals surface area contributed by atoms with Gasteiger partial charge in [-0.3, -0.25) is 0 Å². The summed E-state index contributed by atoms with van der Waals surface area (Å²) in [5.74, 6) is 0. The van der Waals surface area contributed by atoms with E-state index in [0.29, 0.717) is 6.20 Å². The van der Waals surface area contributed by atoms with Gasteiger partial charge >= 0.3 is 10.2 Å². The number of nitrogens with zero attached hydrogens (tertiary/aromatic N) is 1. The molecular formula is C16H20F5NS. The molecule has 2 rings (SSSR count). The first kappa shape index (κ1) is 19.4. The van der Waals surface area contributed by atoms with Crippen LogP contribution in [0.2, 0.25) is 0 Å². The largest absolute Gasteiger partial charge is 0.326 e. The van der Waals surface area contributed by atoms with Crippen molar-refractivity contribution in [1.29, 1.82) is 0 Å². The second-order valence-electron chi connectivity index (χ2n) is 5.62. The lowest BCUT2D eigenvalue weighted by atomic mass is 10.0. The number of rotatable bonds is 1. The van der Waals surface area contributed by atoms with E-state index in [4.69, 9.17) is 0 Å². The van der Waals surface area contributed by atoms with E-state index in [1.54, 1.807) is 0 Å². The molecule has 1 heterocycles. The molecule has 0 aliphatic rings. The fourth-order valence-corrected chi connectivity index (χ4v) is 3.06. The van der Waals surface area contributed by atoms with Crippen LogP contribution in [0.5, 0.6) is 0 Å². The minimum absolute atomic E-state index is 0.568. The molecule has 1 nitrogen and oxygen atoms in total. The van der Waals surface area contributed by atoms with Gasteiger partial charge in [0.2, 0.25) is 0 Å². The molecule has 130 valence electrons. The van der Waals surface area contributed by atoms with Gasteiger partial charge in [0.1, 0.15) is 0 Å². The lowest BCUT2D eigenvalue weighted by molar-refractivity contribution is 0.357. The molecular weight excluding hydrogens is 333 g/mol. The van der Waals surface area contributed by atoms with Crippen LogP contribution < -0.4 is 0 Å². The van der Waals surface area contributed by atoms with E-state index >= 15 is 0 Å². The van der Waals surface area contributed by atoms with Crippen molar-refractivity contribution in [2.45, 2.75) is 39.6 Å². The van der Waals surface area contributed by atoms with Gasteiger partial charge in [0.05, 0.1) is 0 Å². The van der Waals surface area contributed by atoms with Crippen LogP contribution in [-0.4, -0.2) is 4.98 Å². The zero-order valence-electron chi connectivity index (χ0n) is 13.6. The minimum atomic E-state index is -9.59. The molecule has 0 saturated heterocycles. The van der Waals surface area contributed by atoms with E-state index in [-0.39, 0.29) is 0 Å². The highest BCUT2D eigenvalue weighted by Crippen LogP contribution is 3.02. The molecule has 0 N–H and O–H groups in total. The summed E-state index contributed by atoms with van der Waals surface area (Å²) < 4.78 is 60.7. The molecule has 0 unspecified atom stereocenters. The predicted molar refractivity (Wildman–Crippen MR) is 85.8 cm³/mol. The van der Waals surface area contributed by atoms with Crippen LogP contribution in [0.25, 0.3) is 0 Å². The molecule has 2 aromatic rings. The molecule has 0 aliphatic heterocycles. The standard InChI is InChI=1S/C10H14.C6H6F5NS/c1-7-5-8(2)10(4)9(3)6-7;1-5-3-2-4-12-6(5)13(7,8,9,10)11/h5-6H,1-4H3;2-4H,1H3. The van der Waals surface area contributed by atoms with Gasteiger partial charge in [-0.1, -0.05) is 43.2 Å². The fraction of sp³-hybridized carbons (Fsp3) is 0.312. The van der Waals surface area contributed by atoms with Crippen molar-refractivity contribution in [2.24, 2.45) is 0 Å². The van der Waals surface area contributed by atoms with Crippen molar-refractivity contribution in [1.82, 2.24) is 4.98 Å². The Morgan fingerprint density at radius 3 is 1.61 bits per heavy atom. The fourth-order valence-electron chi connectivity index (χ4n) is 2.13. The van der Waals surface area contributed by atoms with E-state index in [0.717, 1.165) is 13.0 Å². The van der Waals surface area contributed by atoms with Gasteiger partial charge in [-0.05, 0) is 62.9 Å². The second-order valence-corrected chi connectivity index (χ2v) is 7.94. The van der Waals surface area contributed by atoms with Crippen molar-refractivity contribution in [2.75, 3.05) is 0 Å². The quantitative estimate of drug-likeness (QED) is 0.505. The highest BCUT2D eigenvalue weighted by atomic mass is 32.5. The molecule has 0 radical (unpaired) electrons. The Morgan fingerprint density at radius 1 is 0.783 bits per heavy atom. The first-order chi connectivity index (χ1) is 10.1. The van der Waals surface area contributed by atoms with Gasteiger partial charge in [0.25, 0.3) is 0 Å². The molecule has 1 aromatic heterocycles. The Kier molecular flexibility index (Phi) is 4.62. The summed E-state index contributed by atoms with van der Waals surface area (Å²) in [4.78, 5) is 2.67. The summed E-state index contributed by atoms with van der Waals surface area (Å²) in [6.45, 7) is 9.58. The summed E-state index contributed by atoms with van der Waals surface area (Å²) in [6, 6.07) is 6.56. The summed E-state index contributed by atoms with van der Waals surface area (Å²) >= 11 is 0. The molecule has 0 fully saturated rings. The van der Waals surface area contributed by atoms with E-state index in [1.165, 1.54) is 28.3 Å². The maximum Gasteiger partial charge on any atom is 0.326 e. The second kappa shape index (κ2) is 5.47. The third-order valence-electron chi connectivity index (χ3n) is 3.40. The van der Waals surface area contributed by atoms with Crippen molar-refractivity contribution in [3.05, 3.63) is 58.3 Å². The molecule has 0 amide bonds. The van der Waals surface area contributed by atoms with Crippen LogP contribution in [0.15, 0.2) is 35.5 Å². The van der Waals surface area contributed by atoms with Gasteiger partial charge < -0.3 is 0 Å². The van der Waals surface area contributed by atoms with Crippen LogP contribution >= 0.6 is 10.2 Å². The monoisotopic (exact) mass is 353 g/mol. The summed E-state index contributed by atoms with van der Waals surface area (Å²) in [7, 11) is -9.59. The van der Waals surface area contributed by atoms with Crippen LogP contribution in [0.4, 0.5) is 19.4 Å². The van der Waals surface area contributed by atoms with Gasteiger partial charge in [-0.25, -0.2) is 4.98 Å². The highest BCUT2D eigenvalue weighted by molar-refractivity contribution is 8.45. The Hall–Kier alpha value is -1.63.